The van der Waals surface area contributed by atoms with Gasteiger partial charge in [0.05, 0.1) is 42.2 Å². The van der Waals surface area contributed by atoms with Gasteiger partial charge in [-0.1, -0.05) is 54.3 Å². The standard InChI is InChI=1S/C13H10FN3O.C6H12O.C4H3ClN2OS/c1-18-12-6-10-11(7-15-12)17-13(16-10)8-4-2-3-5-9(8)14;7-6-4-2-1-3-5-6;5-2-1-7-4(9-2)3(6)8/h2-7H,1H3,(H,16,17);6-7H,1-5H2;1H,(H2,6,8). The topological polar surface area (TPSA) is 127 Å². The van der Waals surface area contributed by atoms with Gasteiger partial charge in [-0.25, -0.2) is 19.3 Å². The summed E-state index contributed by atoms with van der Waals surface area (Å²) in [5, 5.41) is 9.16. The second-order valence-corrected chi connectivity index (χ2v) is 9.10. The summed E-state index contributed by atoms with van der Waals surface area (Å²) in [7, 11) is 1.54. The lowest BCUT2D eigenvalue weighted by Crippen LogP contribution is -2.09. The number of hydrogen-bond donors (Lipinski definition) is 3. The zero-order valence-corrected chi connectivity index (χ0v) is 20.1. The zero-order chi connectivity index (χ0) is 24.5. The summed E-state index contributed by atoms with van der Waals surface area (Å²) < 4.78 is 19.1. The van der Waals surface area contributed by atoms with Crippen molar-refractivity contribution >= 4 is 39.9 Å². The maximum Gasteiger partial charge on any atom is 0.277 e. The fraction of sp³-hybridized carbons (Fsp3) is 0.304. The average molecular weight is 506 g/mol. The Kier molecular flexibility index (Phi) is 9.32. The molecule has 1 saturated carbocycles. The monoisotopic (exact) mass is 505 g/mol. The number of H-pyrrole nitrogens is 1. The number of ether oxygens (including phenoxy) is 1. The van der Waals surface area contributed by atoms with Crippen molar-refractivity contribution in [2.75, 3.05) is 7.11 Å². The molecule has 11 heteroatoms. The lowest BCUT2D eigenvalue weighted by atomic mass is 9.98. The summed E-state index contributed by atoms with van der Waals surface area (Å²) in [6, 6.07) is 8.20. The molecule has 3 heterocycles. The molecule has 34 heavy (non-hydrogen) atoms. The normalized spacial score (nSPS) is 13.4. The molecule has 5 rings (SSSR count). The van der Waals surface area contributed by atoms with Crippen molar-refractivity contribution in [1.29, 1.82) is 0 Å². The third kappa shape index (κ3) is 7.21. The second-order valence-electron chi connectivity index (χ2n) is 7.43. The van der Waals surface area contributed by atoms with E-state index in [-0.39, 0.29) is 16.9 Å². The fourth-order valence-electron chi connectivity index (χ4n) is 3.23. The van der Waals surface area contributed by atoms with Crippen molar-refractivity contribution in [2.45, 2.75) is 38.2 Å². The summed E-state index contributed by atoms with van der Waals surface area (Å²) in [6.45, 7) is 0. The highest BCUT2D eigenvalue weighted by Gasteiger charge is 2.10. The molecule has 4 N–H and O–H groups in total. The second kappa shape index (κ2) is 12.4. The first-order valence-electron chi connectivity index (χ1n) is 10.6. The van der Waals surface area contributed by atoms with Gasteiger partial charge in [0.15, 0.2) is 5.01 Å². The molecule has 0 radical (unpaired) electrons. The number of benzene rings is 1. The van der Waals surface area contributed by atoms with Crippen molar-refractivity contribution in [3.05, 3.63) is 57.9 Å². The van der Waals surface area contributed by atoms with E-state index in [1.165, 1.54) is 31.5 Å². The number of aromatic nitrogens is 4. The van der Waals surface area contributed by atoms with E-state index in [0.29, 0.717) is 27.1 Å². The Hall–Kier alpha value is -3.08. The number of nitrogens with two attached hydrogens (primary N) is 1. The molecule has 1 aromatic carbocycles. The van der Waals surface area contributed by atoms with Crippen LogP contribution in [0.3, 0.4) is 0 Å². The molecule has 3 aromatic heterocycles. The van der Waals surface area contributed by atoms with E-state index < -0.39 is 5.91 Å². The molecular weight excluding hydrogens is 481 g/mol. The number of aromatic amines is 1. The van der Waals surface area contributed by atoms with Gasteiger partial charge in [-0.2, -0.15) is 0 Å². The van der Waals surface area contributed by atoms with E-state index in [1.807, 2.05) is 0 Å². The molecule has 0 bridgehead atoms. The number of aliphatic hydroxyl groups excluding tert-OH is 1. The number of halogens is 2. The fourth-order valence-corrected chi connectivity index (χ4v) is 4.00. The molecule has 0 atom stereocenters. The number of nitrogens with zero attached hydrogens (tertiary/aromatic N) is 3. The molecule has 0 saturated heterocycles. The number of methoxy groups -OCH3 is 1. The Morgan fingerprint density at radius 3 is 2.50 bits per heavy atom. The molecule has 8 nitrogen and oxygen atoms in total. The third-order valence-electron chi connectivity index (χ3n) is 4.94. The van der Waals surface area contributed by atoms with Crippen LogP contribution in [0.1, 0.15) is 41.9 Å². The lowest BCUT2D eigenvalue weighted by molar-refractivity contribution is 0.1000. The average Bonchev–Trinajstić information content (AvgIpc) is 3.46. The predicted molar refractivity (Wildman–Crippen MR) is 131 cm³/mol. The Labute approximate surface area is 205 Å². The number of primary amides is 1. The number of hydrogen-bond acceptors (Lipinski definition) is 7. The third-order valence-corrected chi connectivity index (χ3v) is 6.07. The van der Waals surface area contributed by atoms with Gasteiger partial charge in [0, 0.05) is 6.07 Å². The molecule has 0 unspecified atom stereocenters. The van der Waals surface area contributed by atoms with Gasteiger partial charge in [-0.3, -0.25) is 4.79 Å². The summed E-state index contributed by atoms with van der Waals surface area (Å²) in [4.78, 5) is 25.4. The van der Waals surface area contributed by atoms with Crippen molar-refractivity contribution in [3.63, 3.8) is 0 Å². The first kappa shape index (κ1) is 25.5. The molecule has 180 valence electrons. The van der Waals surface area contributed by atoms with Gasteiger partial charge in [0.1, 0.15) is 16.0 Å². The van der Waals surface area contributed by atoms with E-state index in [9.17, 15) is 9.18 Å². The lowest BCUT2D eigenvalue weighted by Gasteiger charge is -2.14. The predicted octanol–water partition coefficient (Wildman–Crippen LogP) is 4.98. The van der Waals surface area contributed by atoms with Crippen molar-refractivity contribution in [3.8, 4) is 17.3 Å². The smallest absolute Gasteiger partial charge is 0.277 e. The number of carbonyl (C=O) groups is 1. The van der Waals surface area contributed by atoms with Crippen LogP contribution in [0.15, 0.2) is 42.7 Å². The number of thiazole rings is 1. The van der Waals surface area contributed by atoms with Gasteiger partial charge in [0.25, 0.3) is 5.91 Å². The molecular formula is C23H25ClFN5O3S. The summed E-state index contributed by atoms with van der Waals surface area (Å²) in [6.07, 6.45) is 8.94. The summed E-state index contributed by atoms with van der Waals surface area (Å²) in [5.41, 5.74) is 6.75. The van der Waals surface area contributed by atoms with Gasteiger partial charge in [-0.05, 0) is 25.0 Å². The minimum atomic E-state index is -0.535. The van der Waals surface area contributed by atoms with E-state index >= 15 is 0 Å². The number of fused-ring (bicyclic) bond motifs is 1. The maximum absolute atomic E-state index is 13.6. The Morgan fingerprint density at radius 1 is 1.24 bits per heavy atom. The highest BCUT2D eigenvalue weighted by atomic mass is 35.5. The Morgan fingerprint density at radius 2 is 1.97 bits per heavy atom. The zero-order valence-electron chi connectivity index (χ0n) is 18.5. The highest BCUT2D eigenvalue weighted by molar-refractivity contribution is 7.17. The Balaban J connectivity index is 0.000000168. The molecule has 0 aliphatic heterocycles. The van der Waals surface area contributed by atoms with Gasteiger partial charge < -0.3 is 20.6 Å². The van der Waals surface area contributed by atoms with Crippen LogP contribution in [0, 0.1) is 5.82 Å². The number of amides is 1. The molecule has 4 aromatic rings. The number of rotatable bonds is 3. The quantitative estimate of drug-likeness (QED) is 0.360. The van der Waals surface area contributed by atoms with Crippen LogP contribution < -0.4 is 10.5 Å². The van der Waals surface area contributed by atoms with Crippen LogP contribution in [0.2, 0.25) is 4.34 Å². The molecule has 0 spiro atoms. The van der Waals surface area contributed by atoms with Crippen LogP contribution in [0.4, 0.5) is 4.39 Å². The van der Waals surface area contributed by atoms with E-state index in [2.05, 4.69) is 19.9 Å². The van der Waals surface area contributed by atoms with Crippen LogP contribution in [-0.4, -0.2) is 44.2 Å². The number of pyridine rings is 1. The first-order valence-corrected chi connectivity index (χ1v) is 11.8. The van der Waals surface area contributed by atoms with Gasteiger partial charge in [0.2, 0.25) is 5.88 Å². The minimum Gasteiger partial charge on any atom is -0.481 e. The first-order chi connectivity index (χ1) is 16.4. The summed E-state index contributed by atoms with van der Waals surface area (Å²) >= 11 is 6.53. The largest absolute Gasteiger partial charge is 0.481 e. The van der Waals surface area contributed by atoms with Crippen molar-refractivity contribution < 1.29 is 19.0 Å². The molecule has 1 amide bonds. The SMILES string of the molecule is COc1cc2nc(-c3ccccc3F)[nH]c2cn1.NC(=O)c1ncc(Cl)s1.OC1CCCCC1. The number of nitrogens with one attached hydrogen (secondary N) is 1. The molecule has 1 aliphatic rings. The molecule has 1 fully saturated rings. The number of imidazole rings is 1. The summed E-state index contributed by atoms with van der Waals surface area (Å²) in [5.74, 6) is 0.121. The molecule has 1 aliphatic carbocycles. The van der Waals surface area contributed by atoms with E-state index in [1.54, 1.807) is 37.6 Å². The highest BCUT2D eigenvalue weighted by Crippen LogP contribution is 2.24. The number of aliphatic hydroxyl groups is 1. The van der Waals surface area contributed by atoms with Crippen molar-refractivity contribution in [1.82, 2.24) is 19.9 Å². The number of carbonyl (C=O) groups excluding carboxylic acids is 1. The van der Waals surface area contributed by atoms with Gasteiger partial charge >= 0.3 is 0 Å². The van der Waals surface area contributed by atoms with Crippen LogP contribution in [-0.2, 0) is 0 Å². The van der Waals surface area contributed by atoms with Crippen LogP contribution in [0.5, 0.6) is 5.88 Å². The van der Waals surface area contributed by atoms with E-state index in [0.717, 1.165) is 29.7 Å². The maximum atomic E-state index is 13.6. The van der Waals surface area contributed by atoms with Crippen LogP contribution in [0.25, 0.3) is 22.4 Å². The van der Waals surface area contributed by atoms with E-state index in [4.69, 9.17) is 27.2 Å². The Bertz CT molecular complexity index is 1230. The van der Waals surface area contributed by atoms with Gasteiger partial charge in [-0.15, -0.1) is 0 Å². The van der Waals surface area contributed by atoms with Crippen LogP contribution >= 0.6 is 22.9 Å². The van der Waals surface area contributed by atoms with Crippen molar-refractivity contribution in [2.24, 2.45) is 5.73 Å². The minimum absolute atomic E-state index is 0.0359.